The van der Waals surface area contributed by atoms with Gasteiger partial charge in [-0.2, -0.15) is 0 Å². The molecular formula is C18H23N3O2S. The number of carbonyl (C=O) groups excluding carboxylic acids is 1. The Morgan fingerprint density at radius 2 is 2.17 bits per heavy atom. The first kappa shape index (κ1) is 16.9. The van der Waals surface area contributed by atoms with Gasteiger partial charge in [-0.25, -0.2) is 4.98 Å². The molecule has 3 rings (SSSR count). The number of nitrogens with one attached hydrogen (secondary N) is 2. The summed E-state index contributed by atoms with van der Waals surface area (Å²) in [5.74, 6) is 1.01. The summed E-state index contributed by atoms with van der Waals surface area (Å²) in [6.45, 7) is 5.83. The fourth-order valence-corrected chi connectivity index (χ4v) is 3.57. The molecule has 5 nitrogen and oxygen atoms in total. The lowest BCUT2D eigenvalue weighted by Gasteiger charge is -2.20. The van der Waals surface area contributed by atoms with Crippen LogP contribution in [0.1, 0.15) is 26.7 Å². The number of nitrogens with zero attached hydrogens (tertiary/aromatic N) is 1. The van der Waals surface area contributed by atoms with E-state index in [4.69, 9.17) is 4.74 Å². The Morgan fingerprint density at radius 1 is 1.38 bits per heavy atom. The van der Waals surface area contributed by atoms with Crippen LogP contribution in [0.3, 0.4) is 0 Å². The van der Waals surface area contributed by atoms with Gasteiger partial charge in [-0.15, -0.1) is 0 Å². The molecule has 0 aliphatic carbocycles. The SMILES string of the molecule is CC(C)Oc1cccc(-c2cnc(NC(=O)C3CCNCC3)s2)c1. The third-order valence-electron chi connectivity index (χ3n) is 3.94. The molecular weight excluding hydrogens is 322 g/mol. The predicted octanol–water partition coefficient (Wildman–Crippen LogP) is 3.54. The summed E-state index contributed by atoms with van der Waals surface area (Å²) in [7, 11) is 0. The van der Waals surface area contributed by atoms with E-state index < -0.39 is 0 Å². The molecule has 0 unspecified atom stereocenters. The van der Waals surface area contributed by atoms with E-state index in [2.05, 4.69) is 15.6 Å². The van der Waals surface area contributed by atoms with Crippen molar-refractivity contribution < 1.29 is 9.53 Å². The number of rotatable bonds is 5. The number of benzene rings is 1. The lowest BCUT2D eigenvalue weighted by molar-refractivity contribution is -0.120. The number of thiazole rings is 1. The molecule has 1 aliphatic heterocycles. The van der Waals surface area contributed by atoms with Crippen LogP contribution in [0.25, 0.3) is 10.4 Å². The maximum atomic E-state index is 12.3. The van der Waals surface area contributed by atoms with E-state index in [0.29, 0.717) is 5.13 Å². The van der Waals surface area contributed by atoms with Gasteiger partial charge in [0.05, 0.1) is 11.0 Å². The minimum absolute atomic E-state index is 0.0780. The lowest BCUT2D eigenvalue weighted by Crippen LogP contribution is -2.34. The van der Waals surface area contributed by atoms with Gasteiger partial charge < -0.3 is 15.4 Å². The first-order chi connectivity index (χ1) is 11.6. The zero-order chi connectivity index (χ0) is 16.9. The van der Waals surface area contributed by atoms with Gasteiger partial charge >= 0.3 is 0 Å². The third kappa shape index (κ3) is 4.33. The summed E-state index contributed by atoms with van der Waals surface area (Å²) < 4.78 is 5.74. The molecule has 1 aliphatic rings. The highest BCUT2D eigenvalue weighted by Gasteiger charge is 2.21. The molecule has 0 atom stereocenters. The number of aromatic nitrogens is 1. The second-order valence-electron chi connectivity index (χ2n) is 6.24. The highest BCUT2D eigenvalue weighted by atomic mass is 32.1. The number of anilines is 1. The average Bonchev–Trinajstić information content (AvgIpc) is 3.04. The van der Waals surface area contributed by atoms with E-state index in [1.165, 1.54) is 11.3 Å². The quantitative estimate of drug-likeness (QED) is 0.870. The molecule has 1 saturated heterocycles. The largest absolute Gasteiger partial charge is 0.491 e. The van der Waals surface area contributed by atoms with Crippen LogP contribution in [-0.2, 0) is 4.79 Å². The third-order valence-corrected chi connectivity index (χ3v) is 4.90. The Kier molecular flexibility index (Phi) is 5.48. The standard InChI is InChI=1S/C18H23N3O2S/c1-12(2)23-15-5-3-4-14(10-15)16-11-20-18(24-16)21-17(22)13-6-8-19-9-7-13/h3-5,10-13,19H,6-9H2,1-2H3,(H,20,21,22). The number of hydrogen-bond acceptors (Lipinski definition) is 5. The zero-order valence-corrected chi connectivity index (χ0v) is 14.9. The van der Waals surface area contributed by atoms with Crippen molar-refractivity contribution in [2.24, 2.45) is 5.92 Å². The second kappa shape index (κ2) is 7.77. The number of hydrogen-bond donors (Lipinski definition) is 2. The van der Waals surface area contributed by atoms with E-state index in [1.54, 1.807) is 6.20 Å². The van der Waals surface area contributed by atoms with Gasteiger partial charge in [0, 0.05) is 12.1 Å². The van der Waals surface area contributed by atoms with Gasteiger partial charge in [0.25, 0.3) is 0 Å². The van der Waals surface area contributed by atoms with E-state index in [1.807, 2.05) is 38.1 Å². The molecule has 1 amide bonds. The fraction of sp³-hybridized carbons (Fsp3) is 0.444. The first-order valence-electron chi connectivity index (χ1n) is 8.36. The van der Waals surface area contributed by atoms with E-state index >= 15 is 0 Å². The Balaban J connectivity index is 1.67. The number of ether oxygens (including phenoxy) is 1. The van der Waals surface area contributed by atoms with Crippen molar-refractivity contribution in [3.8, 4) is 16.2 Å². The van der Waals surface area contributed by atoms with E-state index in [-0.39, 0.29) is 17.9 Å². The Hall–Kier alpha value is -1.92. The molecule has 1 aromatic heterocycles. The minimum Gasteiger partial charge on any atom is -0.491 e. The summed E-state index contributed by atoms with van der Waals surface area (Å²) in [6, 6.07) is 7.95. The number of carbonyl (C=O) groups is 1. The van der Waals surface area contributed by atoms with Crippen LogP contribution in [0, 0.1) is 5.92 Å². The predicted molar refractivity (Wildman–Crippen MR) is 97.5 cm³/mol. The van der Waals surface area contributed by atoms with Crippen molar-refractivity contribution in [2.45, 2.75) is 32.8 Å². The molecule has 1 aromatic carbocycles. The molecule has 6 heteroatoms. The van der Waals surface area contributed by atoms with Crippen LogP contribution in [0.4, 0.5) is 5.13 Å². The first-order valence-corrected chi connectivity index (χ1v) is 9.18. The molecule has 2 N–H and O–H groups in total. The van der Waals surface area contributed by atoms with Crippen LogP contribution in [0.15, 0.2) is 30.5 Å². The van der Waals surface area contributed by atoms with Gasteiger partial charge in [-0.1, -0.05) is 23.5 Å². The monoisotopic (exact) mass is 345 g/mol. The average molecular weight is 345 g/mol. The fourth-order valence-electron chi connectivity index (χ4n) is 2.75. The molecule has 1 fully saturated rings. The molecule has 0 radical (unpaired) electrons. The topological polar surface area (TPSA) is 63.2 Å². The van der Waals surface area contributed by atoms with Crippen LogP contribution in [0.5, 0.6) is 5.75 Å². The zero-order valence-electron chi connectivity index (χ0n) is 14.0. The Bertz CT molecular complexity index is 693. The van der Waals surface area contributed by atoms with Crippen molar-refractivity contribution in [1.82, 2.24) is 10.3 Å². The van der Waals surface area contributed by atoms with Gasteiger partial charge in [-0.3, -0.25) is 4.79 Å². The highest BCUT2D eigenvalue weighted by molar-refractivity contribution is 7.19. The van der Waals surface area contributed by atoms with E-state index in [9.17, 15) is 4.79 Å². The molecule has 2 aromatic rings. The molecule has 2 heterocycles. The van der Waals surface area contributed by atoms with Gasteiger partial charge in [0.2, 0.25) is 5.91 Å². The summed E-state index contributed by atoms with van der Waals surface area (Å²) in [6.07, 6.45) is 3.72. The number of piperidine rings is 1. The second-order valence-corrected chi connectivity index (χ2v) is 7.27. The van der Waals surface area contributed by atoms with Crippen LogP contribution >= 0.6 is 11.3 Å². The van der Waals surface area contributed by atoms with Gasteiger partial charge in [-0.05, 0) is 57.5 Å². The van der Waals surface area contributed by atoms with Crippen molar-refractivity contribution in [1.29, 1.82) is 0 Å². The molecule has 128 valence electrons. The van der Waals surface area contributed by atoms with Crippen LogP contribution < -0.4 is 15.4 Å². The van der Waals surface area contributed by atoms with Crippen LogP contribution in [0.2, 0.25) is 0 Å². The van der Waals surface area contributed by atoms with Crippen molar-refractivity contribution in [3.05, 3.63) is 30.5 Å². The lowest BCUT2D eigenvalue weighted by atomic mass is 9.97. The maximum Gasteiger partial charge on any atom is 0.229 e. The smallest absolute Gasteiger partial charge is 0.229 e. The van der Waals surface area contributed by atoms with Crippen molar-refractivity contribution >= 4 is 22.4 Å². The highest BCUT2D eigenvalue weighted by Crippen LogP contribution is 2.31. The Labute approximate surface area is 146 Å². The van der Waals surface area contributed by atoms with Crippen molar-refractivity contribution in [2.75, 3.05) is 18.4 Å². The molecule has 0 spiro atoms. The van der Waals surface area contributed by atoms with Gasteiger partial charge in [0.1, 0.15) is 5.75 Å². The summed E-state index contributed by atoms with van der Waals surface area (Å²) in [5, 5.41) is 6.89. The molecule has 24 heavy (non-hydrogen) atoms. The van der Waals surface area contributed by atoms with Crippen molar-refractivity contribution in [3.63, 3.8) is 0 Å². The summed E-state index contributed by atoms with van der Waals surface area (Å²) in [4.78, 5) is 17.7. The number of amides is 1. The summed E-state index contributed by atoms with van der Waals surface area (Å²) >= 11 is 1.49. The molecule has 0 saturated carbocycles. The summed E-state index contributed by atoms with van der Waals surface area (Å²) in [5.41, 5.74) is 1.05. The normalized spacial score (nSPS) is 15.5. The van der Waals surface area contributed by atoms with Crippen LogP contribution in [-0.4, -0.2) is 30.1 Å². The molecule has 0 bridgehead atoms. The minimum atomic E-state index is 0.0780. The maximum absolute atomic E-state index is 12.3. The Morgan fingerprint density at radius 3 is 2.92 bits per heavy atom. The van der Waals surface area contributed by atoms with E-state index in [0.717, 1.165) is 42.1 Å². The van der Waals surface area contributed by atoms with Gasteiger partial charge in [0.15, 0.2) is 5.13 Å².